The van der Waals surface area contributed by atoms with E-state index in [9.17, 15) is 0 Å². The van der Waals surface area contributed by atoms with Gasteiger partial charge in [0.05, 0.1) is 0 Å². The lowest BCUT2D eigenvalue weighted by Gasteiger charge is -2.27. The molecule has 0 radical (unpaired) electrons. The van der Waals surface area contributed by atoms with E-state index < -0.39 is 0 Å². The fourth-order valence-corrected chi connectivity index (χ4v) is 3.45. The summed E-state index contributed by atoms with van der Waals surface area (Å²) in [4.78, 5) is 2.42. The molecule has 0 saturated heterocycles. The van der Waals surface area contributed by atoms with Crippen molar-refractivity contribution in [1.82, 2.24) is 0 Å². The Morgan fingerprint density at radius 1 is 0.826 bits per heavy atom. The average Bonchev–Trinajstić information content (AvgIpc) is 2.56. The number of hydrogen-bond donors (Lipinski definition) is 0. The third-order valence-electron chi connectivity index (χ3n) is 4.52. The Balaban J connectivity index is 2.22. The first-order chi connectivity index (χ1) is 11.2. The maximum Gasteiger partial charge on any atom is 0.0470 e. The van der Waals surface area contributed by atoms with Gasteiger partial charge in [-0.15, -0.1) is 0 Å². The summed E-state index contributed by atoms with van der Waals surface area (Å²) in [7, 11) is 0. The van der Waals surface area contributed by atoms with Crippen molar-refractivity contribution in [3.8, 4) is 0 Å². The van der Waals surface area contributed by atoms with E-state index in [0.29, 0.717) is 0 Å². The van der Waals surface area contributed by atoms with E-state index in [1.807, 2.05) is 0 Å². The van der Waals surface area contributed by atoms with E-state index in [1.54, 1.807) is 0 Å². The normalized spacial score (nSPS) is 10.8. The summed E-state index contributed by atoms with van der Waals surface area (Å²) in [5, 5.41) is 0. The monoisotopic (exact) mass is 309 g/mol. The van der Waals surface area contributed by atoms with Crippen LogP contribution < -0.4 is 4.90 Å². The predicted molar refractivity (Wildman–Crippen MR) is 103 cm³/mol. The highest BCUT2D eigenvalue weighted by molar-refractivity contribution is 5.70. The van der Waals surface area contributed by atoms with Crippen LogP contribution in [0.15, 0.2) is 42.5 Å². The molecule has 0 aliphatic rings. The molecule has 23 heavy (non-hydrogen) atoms. The first-order valence-electron chi connectivity index (χ1n) is 9.10. The van der Waals surface area contributed by atoms with Crippen molar-refractivity contribution < 1.29 is 0 Å². The van der Waals surface area contributed by atoms with Crippen molar-refractivity contribution in [3.63, 3.8) is 0 Å². The molecule has 0 bridgehead atoms. The van der Waals surface area contributed by atoms with Gasteiger partial charge in [0, 0.05) is 17.9 Å². The zero-order valence-electron chi connectivity index (χ0n) is 15.2. The second kappa shape index (κ2) is 8.76. The highest BCUT2D eigenvalue weighted by atomic mass is 15.1. The van der Waals surface area contributed by atoms with Crippen molar-refractivity contribution in [2.45, 2.75) is 59.8 Å². The fraction of sp³-hybridized carbons (Fsp3) is 0.455. The van der Waals surface area contributed by atoms with E-state index >= 15 is 0 Å². The van der Waals surface area contributed by atoms with Crippen LogP contribution in [0.1, 0.15) is 56.2 Å². The molecule has 0 aromatic heterocycles. The lowest BCUT2D eigenvalue weighted by atomic mass is 9.98. The molecule has 1 heteroatoms. The third-order valence-corrected chi connectivity index (χ3v) is 4.52. The number of para-hydroxylation sites is 1. The molecule has 0 aliphatic carbocycles. The van der Waals surface area contributed by atoms with Gasteiger partial charge in [-0.05, 0) is 62.4 Å². The summed E-state index contributed by atoms with van der Waals surface area (Å²) < 4.78 is 0. The van der Waals surface area contributed by atoms with Crippen LogP contribution >= 0.6 is 0 Å². The molecule has 1 nitrogen and oxygen atoms in total. The third kappa shape index (κ3) is 4.60. The first-order valence-corrected chi connectivity index (χ1v) is 9.10. The smallest absolute Gasteiger partial charge is 0.0470 e. The molecule has 2 aromatic rings. The molecular formula is C22H31N. The van der Waals surface area contributed by atoms with Gasteiger partial charge in [0.2, 0.25) is 0 Å². The lowest BCUT2D eigenvalue weighted by Crippen LogP contribution is -2.18. The van der Waals surface area contributed by atoms with E-state index in [0.717, 1.165) is 6.54 Å². The van der Waals surface area contributed by atoms with Gasteiger partial charge in [0.1, 0.15) is 0 Å². The van der Waals surface area contributed by atoms with Gasteiger partial charge in [-0.25, -0.2) is 0 Å². The Morgan fingerprint density at radius 3 is 2.04 bits per heavy atom. The number of aryl methyl sites for hydroxylation is 3. The molecule has 2 rings (SSSR count). The van der Waals surface area contributed by atoms with Gasteiger partial charge in [0.25, 0.3) is 0 Å². The predicted octanol–water partition coefficient (Wildman–Crippen LogP) is 6.58. The molecule has 0 N–H and O–H groups in total. The number of benzene rings is 2. The van der Waals surface area contributed by atoms with Crippen LogP contribution in [0.4, 0.5) is 11.4 Å². The van der Waals surface area contributed by atoms with Crippen LogP contribution in [0.25, 0.3) is 0 Å². The Morgan fingerprint density at radius 2 is 1.48 bits per heavy atom. The van der Waals surface area contributed by atoms with Gasteiger partial charge < -0.3 is 4.90 Å². The Kier molecular flexibility index (Phi) is 6.70. The number of anilines is 2. The lowest BCUT2D eigenvalue weighted by molar-refractivity contribution is 0.666. The van der Waals surface area contributed by atoms with Gasteiger partial charge in [-0.3, -0.25) is 0 Å². The Labute approximate surface area is 142 Å². The number of unbranched alkanes of at least 4 members (excludes halogenated alkanes) is 3. The molecule has 2 aromatic carbocycles. The standard InChI is InChI=1S/C22H31N/c1-5-7-8-10-13-20-16-18(3)22(19(4)17-20)23(6-2)21-14-11-9-12-15-21/h9,11-12,14-17H,5-8,10,13H2,1-4H3. The number of hydrogen-bond acceptors (Lipinski definition) is 1. The van der Waals surface area contributed by atoms with E-state index in [-0.39, 0.29) is 0 Å². The summed E-state index contributed by atoms with van der Waals surface area (Å²) in [6, 6.07) is 15.5. The largest absolute Gasteiger partial charge is 0.341 e. The summed E-state index contributed by atoms with van der Waals surface area (Å²) in [6.07, 6.45) is 6.52. The molecule has 124 valence electrons. The van der Waals surface area contributed by atoms with Crippen LogP contribution in [-0.4, -0.2) is 6.54 Å². The zero-order chi connectivity index (χ0) is 16.7. The van der Waals surface area contributed by atoms with Gasteiger partial charge in [-0.2, -0.15) is 0 Å². The fourth-order valence-electron chi connectivity index (χ4n) is 3.45. The summed E-state index contributed by atoms with van der Waals surface area (Å²) in [5.41, 5.74) is 6.92. The van der Waals surface area contributed by atoms with Gasteiger partial charge in [-0.1, -0.05) is 56.5 Å². The first kappa shape index (κ1) is 17.6. The molecule has 0 heterocycles. The topological polar surface area (TPSA) is 3.24 Å². The van der Waals surface area contributed by atoms with Crippen molar-refractivity contribution in [1.29, 1.82) is 0 Å². The van der Waals surface area contributed by atoms with Gasteiger partial charge in [0.15, 0.2) is 0 Å². The van der Waals surface area contributed by atoms with Crippen LogP contribution in [-0.2, 0) is 6.42 Å². The van der Waals surface area contributed by atoms with Gasteiger partial charge >= 0.3 is 0 Å². The SMILES string of the molecule is CCCCCCc1cc(C)c(N(CC)c2ccccc2)c(C)c1. The van der Waals surface area contributed by atoms with Crippen molar-refractivity contribution in [2.75, 3.05) is 11.4 Å². The Hall–Kier alpha value is -1.76. The molecule has 0 aliphatic heterocycles. The molecular weight excluding hydrogens is 278 g/mol. The van der Waals surface area contributed by atoms with E-state index in [2.05, 4.69) is 75.1 Å². The van der Waals surface area contributed by atoms with Crippen molar-refractivity contribution >= 4 is 11.4 Å². The molecule has 0 atom stereocenters. The summed E-state index contributed by atoms with van der Waals surface area (Å²) in [6.45, 7) is 9.99. The minimum atomic E-state index is 0.988. The molecule has 0 unspecified atom stereocenters. The number of rotatable bonds is 8. The maximum absolute atomic E-state index is 2.42. The summed E-state index contributed by atoms with van der Waals surface area (Å²) in [5.74, 6) is 0. The minimum Gasteiger partial charge on any atom is -0.341 e. The van der Waals surface area contributed by atoms with Crippen LogP contribution in [0.5, 0.6) is 0 Å². The number of nitrogens with zero attached hydrogens (tertiary/aromatic N) is 1. The average molecular weight is 309 g/mol. The quantitative estimate of drug-likeness (QED) is 0.497. The van der Waals surface area contributed by atoms with Crippen LogP contribution in [0.2, 0.25) is 0 Å². The molecule has 0 saturated carbocycles. The van der Waals surface area contributed by atoms with Crippen molar-refractivity contribution in [3.05, 3.63) is 59.2 Å². The van der Waals surface area contributed by atoms with Crippen LogP contribution in [0, 0.1) is 13.8 Å². The van der Waals surface area contributed by atoms with Crippen molar-refractivity contribution in [2.24, 2.45) is 0 Å². The maximum atomic E-state index is 2.42. The second-order valence-electron chi connectivity index (χ2n) is 6.47. The molecule has 0 spiro atoms. The second-order valence-corrected chi connectivity index (χ2v) is 6.47. The summed E-state index contributed by atoms with van der Waals surface area (Å²) >= 11 is 0. The van der Waals surface area contributed by atoms with Crippen LogP contribution in [0.3, 0.4) is 0 Å². The van der Waals surface area contributed by atoms with E-state index in [1.165, 1.54) is 60.2 Å². The molecule has 0 amide bonds. The van der Waals surface area contributed by atoms with E-state index in [4.69, 9.17) is 0 Å². The minimum absolute atomic E-state index is 0.988. The zero-order valence-corrected chi connectivity index (χ0v) is 15.2. The Bertz CT molecular complexity index is 578. The molecule has 0 fully saturated rings. The highest BCUT2D eigenvalue weighted by Gasteiger charge is 2.13. The highest BCUT2D eigenvalue weighted by Crippen LogP contribution is 2.32.